The highest BCUT2D eigenvalue weighted by Gasteiger charge is 2.11. The molecule has 0 bridgehead atoms. The Hall–Kier alpha value is -2.74. The molecule has 3 rings (SSSR count). The van der Waals surface area contributed by atoms with E-state index in [9.17, 15) is 13.0 Å². The Morgan fingerprint density at radius 2 is 0.868 bits per heavy atom. The number of nitrogens with zero attached hydrogens (tertiary/aromatic N) is 2. The zero-order valence-corrected chi connectivity index (χ0v) is 45.5. The molecule has 0 N–H and O–H groups in total. The van der Waals surface area contributed by atoms with E-state index in [2.05, 4.69) is 114 Å². The second-order valence-corrected chi connectivity index (χ2v) is 21.0. The van der Waals surface area contributed by atoms with E-state index in [-0.39, 0.29) is 6.61 Å². The standard InChI is InChI=1S/C43H67N2.C18H38O4S/c1-4-7-10-11-12-13-14-15-16-17-18-19-20-21-22-25-37-45-38-34-40(42-26-23-24-27-43(42)45)31-28-39-29-32-41(33-30-39)44(35-8-5-2)36-9-6-3;1-2-3-4-5-6-7-8-9-10-11-12-13-14-15-16-17-18-22-23(19,20)21/h23-24,26-34,38H,4-22,25,35-37H2,1-3H3;2-18H2,1H3,(H,19,20,21)/q+1;/p-1. The third-order valence-corrected chi connectivity index (χ3v) is 14.2. The molecule has 0 atom stereocenters. The smallest absolute Gasteiger partial charge is 0.217 e. The van der Waals surface area contributed by atoms with Crippen LogP contribution in [0.25, 0.3) is 23.1 Å². The molecule has 0 aliphatic rings. The van der Waals surface area contributed by atoms with E-state index in [1.807, 2.05) is 0 Å². The summed E-state index contributed by atoms with van der Waals surface area (Å²) in [7, 11) is -4.49. The van der Waals surface area contributed by atoms with E-state index >= 15 is 0 Å². The first-order valence-corrected chi connectivity index (χ1v) is 30.2. The highest BCUT2D eigenvalue weighted by molar-refractivity contribution is 7.80. The highest BCUT2D eigenvalue weighted by Crippen LogP contribution is 2.22. The summed E-state index contributed by atoms with van der Waals surface area (Å²) >= 11 is 0. The van der Waals surface area contributed by atoms with Crippen molar-refractivity contribution in [3.05, 3.63) is 71.9 Å². The monoisotopic (exact) mass is 961 g/mol. The lowest BCUT2D eigenvalue weighted by Crippen LogP contribution is -2.34. The minimum Gasteiger partial charge on any atom is -0.726 e. The zero-order valence-electron chi connectivity index (χ0n) is 44.6. The number of aryl methyl sites for hydroxylation is 1. The van der Waals surface area contributed by atoms with E-state index in [0.29, 0.717) is 6.42 Å². The van der Waals surface area contributed by atoms with Gasteiger partial charge in [0.05, 0.1) is 12.0 Å². The van der Waals surface area contributed by atoms with Gasteiger partial charge in [-0.15, -0.1) is 0 Å². The number of anilines is 1. The van der Waals surface area contributed by atoms with Crippen LogP contribution in [0.1, 0.15) is 270 Å². The van der Waals surface area contributed by atoms with Gasteiger partial charge in [-0.25, -0.2) is 8.42 Å². The molecule has 0 fully saturated rings. The lowest BCUT2D eigenvalue weighted by molar-refractivity contribution is -0.671. The van der Waals surface area contributed by atoms with Crippen LogP contribution in [0.3, 0.4) is 0 Å². The minimum atomic E-state index is -4.49. The fourth-order valence-corrected chi connectivity index (χ4v) is 9.66. The Balaban J connectivity index is 0.000000582. The summed E-state index contributed by atoms with van der Waals surface area (Å²) in [4.78, 5) is 2.56. The summed E-state index contributed by atoms with van der Waals surface area (Å²) < 4.78 is 37.3. The molecule has 7 heteroatoms. The maximum Gasteiger partial charge on any atom is 0.217 e. The summed E-state index contributed by atoms with van der Waals surface area (Å²) in [5.74, 6) is 0. The Morgan fingerprint density at radius 1 is 0.471 bits per heavy atom. The lowest BCUT2D eigenvalue weighted by Gasteiger charge is -2.24. The maximum atomic E-state index is 10.2. The zero-order chi connectivity index (χ0) is 49.0. The number of fused-ring (bicyclic) bond motifs is 1. The Morgan fingerprint density at radius 3 is 1.29 bits per heavy atom. The van der Waals surface area contributed by atoms with Gasteiger partial charge in [0.2, 0.25) is 15.9 Å². The maximum absolute atomic E-state index is 10.2. The molecule has 1 aromatic heterocycles. The third kappa shape index (κ3) is 33.0. The van der Waals surface area contributed by atoms with Crippen molar-refractivity contribution in [3.63, 3.8) is 0 Å². The first-order valence-electron chi connectivity index (χ1n) is 28.9. The van der Waals surface area contributed by atoms with Gasteiger partial charge in [0.15, 0.2) is 6.20 Å². The summed E-state index contributed by atoms with van der Waals surface area (Å²) in [6.07, 6.45) is 54.9. The number of pyridine rings is 1. The van der Waals surface area contributed by atoms with Crippen LogP contribution in [-0.2, 0) is 21.1 Å². The number of aromatic nitrogens is 1. The minimum absolute atomic E-state index is 0.0320. The van der Waals surface area contributed by atoms with Crippen LogP contribution in [0.5, 0.6) is 0 Å². The Labute approximate surface area is 420 Å². The van der Waals surface area contributed by atoms with Crippen LogP contribution in [0.15, 0.2) is 60.8 Å². The van der Waals surface area contributed by atoms with Crippen molar-refractivity contribution in [2.75, 3.05) is 24.6 Å². The van der Waals surface area contributed by atoms with Crippen LogP contribution in [0.2, 0.25) is 0 Å². The SMILES string of the molecule is CCCCCCCCCCCCCCCCCCOS(=O)(=O)[O-].CCCCCCCCCCCCCCCCCC[n+]1ccc(C=Cc2ccc(N(CCCC)CCCC)cc2)c2ccccc21. The normalized spacial score (nSPS) is 11.7. The van der Waals surface area contributed by atoms with Crippen LogP contribution < -0.4 is 9.47 Å². The van der Waals surface area contributed by atoms with Crippen molar-refractivity contribution in [2.24, 2.45) is 0 Å². The molecule has 0 saturated carbocycles. The van der Waals surface area contributed by atoms with Gasteiger partial charge in [0.25, 0.3) is 0 Å². The van der Waals surface area contributed by atoms with E-state index in [1.54, 1.807) is 0 Å². The van der Waals surface area contributed by atoms with Crippen LogP contribution in [0.4, 0.5) is 5.69 Å². The van der Waals surface area contributed by atoms with Gasteiger partial charge in [0.1, 0.15) is 6.54 Å². The number of benzene rings is 2. The average molecular weight is 962 g/mol. The van der Waals surface area contributed by atoms with Gasteiger partial charge in [-0.1, -0.05) is 263 Å². The fourth-order valence-electron chi connectivity index (χ4n) is 9.34. The van der Waals surface area contributed by atoms with Crippen LogP contribution >= 0.6 is 0 Å². The average Bonchev–Trinajstić information content (AvgIpc) is 3.34. The summed E-state index contributed by atoms with van der Waals surface area (Å²) in [5.41, 5.74) is 5.26. The molecule has 0 saturated heterocycles. The van der Waals surface area contributed by atoms with E-state index in [1.165, 1.54) is 240 Å². The van der Waals surface area contributed by atoms with Gasteiger partial charge in [-0.05, 0) is 55.0 Å². The molecule has 1 heterocycles. The van der Waals surface area contributed by atoms with Crippen molar-refractivity contribution in [3.8, 4) is 0 Å². The van der Waals surface area contributed by atoms with Crippen LogP contribution in [0, 0.1) is 0 Å². The van der Waals surface area contributed by atoms with Crippen molar-refractivity contribution in [2.45, 2.75) is 265 Å². The molecule has 2 aromatic carbocycles. The summed E-state index contributed by atoms with van der Waals surface area (Å²) in [5, 5.41) is 1.34. The highest BCUT2D eigenvalue weighted by atomic mass is 32.3. The number of hydrogen-bond acceptors (Lipinski definition) is 5. The molecule has 68 heavy (non-hydrogen) atoms. The van der Waals surface area contributed by atoms with Gasteiger partial charge >= 0.3 is 0 Å². The largest absolute Gasteiger partial charge is 0.726 e. The lowest BCUT2D eigenvalue weighted by atomic mass is 10.0. The van der Waals surface area contributed by atoms with Crippen molar-refractivity contribution in [1.82, 2.24) is 0 Å². The van der Waals surface area contributed by atoms with Gasteiger partial charge in [-0.3, -0.25) is 4.18 Å². The Bertz CT molecular complexity index is 1720. The number of para-hydroxylation sites is 1. The molecule has 388 valence electrons. The van der Waals surface area contributed by atoms with Crippen LogP contribution in [-0.4, -0.2) is 32.7 Å². The van der Waals surface area contributed by atoms with Crippen molar-refractivity contribution >= 4 is 39.1 Å². The van der Waals surface area contributed by atoms with Crippen molar-refractivity contribution < 1.29 is 21.7 Å². The van der Waals surface area contributed by atoms with E-state index in [0.717, 1.165) is 32.5 Å². The fraction of sp³-hybridized carbons (Fsp3) is 0.721. The molecule has 0 amide bonds. The number of rotatable bonds is 44. The molecule has 3 aromatic rings. The van der Waals surface area contributed by atoms with Gasteiger partial charge < -0.3 is 9.45 Å². The molecule has 0 aliphatic heterocycles. The van der Waals surface area contributed by atoms with Gasteiger partial charge in [0, 0.05) is 37.3 Å². The topological polar surface area (TPSA) is 73.5 Å². The summed E-state index contributed by atoms with van der Waals surface area (Å²) in [6.45, 7) is 12.6. The van der Waals surface area contributed by atoms with E-state index < -0.39 is 10.4 Å². The van der Waals surface area contributed by atoms with Crippen molar-refractivity contribution in [1.29, 1.82) is 0 Å². The Kier molecular flexibility index (Phi) is 38.9. The first-order chi connectivity index (χ1) is 33.3. The molecule has 0 radical (unpaired) electrons. The second kappa shape index (κ2) is 43.1. The predicted molar refractivity (Wildman–Crippen MR) is 296 cm³/mol. The molecular formula is C61H104N2O4S. The second-order valence-electron chi connectivity index (χ2n) is 19.9. The van der Waals surface area contributed by atoms with Gasteiger partial charge in [-0.2, -0.15) is 4.57 Å². The first kappa shape index (κ1) is 61.4. The molecule has 6 nitrogen and oxygen atoms in total. The quantitative estimate of drug-likeness (QED) is 0.0244. The molecule has 0 unspecified atom stereocenters. The number of hydrogen-bond donors (Lipinski definition) is 0. The summed E-state index contributed by atoms with van der Waals surface area (Å²) in [6, 6.07) is 20.4. The molecular weight excluding hydrogens is 857 g/mol. The third-order valence-electron chi connectivity index (χ3n) is 13.7. The molecule has 0 spiro atoms. The number of unbranched alkanes of at least 4 members (excludes halogenated alkanes) is 32. The molecule has 0 aliphatic carbocycles. The predicted octanol–water partition coefficient (Wildman–Crippen LogP) is 18.7. The van der Waals surface area contributed by atoms with E-state index in [4.69, 9.17) is 0 Å².